The van der Waals surface area contributed by atoms with Gasteiger partial charge in [-0.15, -0.1) is 0 Å². The van der Waals surface area contributed by atoms with Crippen molar-refractivity contribution in [3.63, 3.8) is 0 Å². The predicted octanol–water partition coefficient (Wildman–Crippen LogP) is 2.42. The molecule has 0 bridgehead atoms. The Morgan fingerprint density at radius 3 is 2.75 bits per heavy atom. The number of fused-ring (bicyclic) bond motifs is 5. The van der Waals surface area contributed by atoms with Gasteiger partial charge in [0.15, 0.2) is 5.60 Å². The molecule has 0 radical (unpaired) electrons. The van der Waals surface area contributed by atoms with Crippen LogP contribution in [-0.4, -0.2) is 32.1 Å². The molecule has 0 spiro atoms. The van der Waals surface area contributed by atoms with Crippen LogP contribution < -0.4 is 10.9 Å². The molecule has 2 aliphatic heterocycles. The maximum absolute atomic E-state index is 13.2. The molecular weight excluding hydrogens is 416 g/mol. The Bertz CT molecular complexity index is 1400. The zero-order valence-corrected chi connectivity index (χ0v) is 17.5. The van der Waals surface area contributed by atoms with Crippen molar-refractivity contribution >= 4 is 28.2 Å². The van der Waals surface area contributed by atoms with Gasteiger partial charge in [-0.2, -0.15) is 0 Å². The predicted molar refractivity (Wildman–Crippen MR) is 115 cm³/mol. The number of nitrogens with one attached hydrogen (secondary N) is 1. The van der Waals surface area contributed by atoms with Crippen LogP contribution in [-0.2, 0) is 28.3 Å². The van der Waals surface area contributed by atoms with Crippen molar-refractivity contribution in [1.82, 2.24) is 9.55 Å². The Morgan fingerprint density at radius 1 is 1.28 bits per heavy atom. The Kier molecular flexibility index (Phi) is 4.31. The van der Waals surface area contributed by atoms with Crippen LogP contribution in [0.15, 0.2) is 29.1 Å². The number of ether oxygens (including phenoxy) is 1. The van der Waals surface area contributed by atoms with Crippen molar-refractivity contribution in [2.45, 2.75) is 39.0 Å². The first-order valence-corrected chi connectivity index (χ1v) is 10.3. The highest BCUT2D eigenvalue weighted by Crippen LogP contribution is 2.40. The van der Waals surface area contributed by atoms with Crippen LogP contribution in [0.2, 0.25) is 0 Å². The lowest BCUT2D eigenvalue weighted by atomic mass is 9.86. The number of nitrogens with zero attached hydrogens (tertiary/aromatic N) is 3. The van der Waals surface area contributed by atoms with Crippen molar-refractivity contribution in [3.05, 3.63) is 61.4 Å². The summed E-state index contributed by atoms with van der Waals surface area (Å²) in [6.45, 7) is 4.11. The number of non-ortho nitro benzene ring substituents is 1. The second kappa shape index (κ2) is 6.86. The van der Waals surface area contributed by atoms with Gasteiger partial charge in [0.05, 0.1) is 39.6 Å². The summed E-state index contributed by atoms with van der Waals surface area (Å²) in [6.07, 6.45) is 0.0635. The molecule has 10 nitrogen and oxygen atoms in total. The van der Waals surface area contributed by atoms with E-state index in [1.54, 1.807) is 19.1 Å². The molecule has 2 aliphatic rings. The Morgan fingerprint density at radius 2 is 2.06 bits per heavy atom. The summed E-state index contributed by atoms with van der Waals surface area (Å²) >= 11 is 0. The number of esters is 1. The molecule has 0 saturated carbocycles. The topological polar surface area (TPSA) is 137 Å². The molecule has 1 aromatic carbocycles. The smallest absolute Gasteiger partial charge is 0.343 e. The highest BCUT2D eigenvalue weighted by molar-refractivity contribution is 5.95. The van der Waals surface area contributed by atoms with Crippen molar-refractivity contribution in [3.8, 4) is 11.4 Å². The van der Waals surface area contributed by atoms with Crippen LogP contribution in [0.5, 0.6) is 0 Å². The number of hydrogen-bond donors (Lipinski definition) is 2. The number of anilines is 1. The molecule has 5 rings (SSSR count). The van der Waals surface area contributed by atoms with E-state index in [9.17, 15) is 24.8 Å². The summed E-state index contributed by atoms with van der Waals surface area (Å²) in [5, 5.41) is 26.0. The monoisotopic (exact) mass is 436 g/mol. The van der Waals surface area contributed by atoms with Gasteiger partial charge in [0.1, 0.15) is 6.61 Å². The largest absolute Gasteiger partial charge is 0.458 e. The van der Waals surface area contributed by atoms with E-state index in [1.807, 2.05) is 6.92 Å². The van der Waals surface area contributed by atoms with E-state index in [-0.39, 0.29) is 41.9 Å². The number of aromatic nitrogens is 2. The van der Waals surface area contributed by atoms with Gasteiger partial charge in [-0.1, -0.05) is 6.92 Å². The standard InChI is InChI=1S/C22H20N4O6/c1-3-22(29)15-8-17-19-12(9-25(17)20(27)14(15)10-32-21(22)28)5-11-6-13(26(30)31)7-16(23-4-2)18(11)24-19/h5-8,23,29H,3-4,9-10H2,1-2H3/t22-/m0/s1. The zero-order chi connectivity index (χ0) is 22.8. The van der Waals surface area contributed by atoms with E-state index in [0.717, 1.165) is 5.56 Å². The minimum atomic E-state index is -1.89. The lowest BCUT2D eigenvalue weighted by Crippen LogP contribution is -2.44. The first-order valence-electron chi connectivity index (χ1n) is 10.3. The van der Waals surface area contributed by atoms with Crippen molar-refractivity contribution in [2.75, 3.05) is 11.9 Å². The highest BCUT2D eigenvalue weighted by atomic mass is 16.6. The molecule has 0 unspecified atom stereocenters. The number of carbonyl (C=O) groups excluding carboxylic acids is 1. The average Bonchev–Trinajstić information content (AvgIpc) is 3.13. The molecule has 2 aromatic heterocycles. The fourth-order valence-electron chi connectivity index (χ4n) is 4.51. The van der Waals surface area contributed by atoms with Gasteiger partial charge in [0.2, 0.25) is 0 Å². The lowest BCUT2D eigenvalue weighted by Gasteiger charge is -2.31. The second-order valence-corrected chi connectivity index (χ2v) is 7.95. The molecule has 0 aliphatic carbocycles. The summed E-state index contributed by atoms with van der Waals surface area (Å²) in [4.78, 5) is 41.2. The number of hydrogen-bond acceptors (Lipinski definition) is 8. The van der Waals surface area contributed by atoms with E-state index in [1.165, 1.54) is 16.7 Å². The summed E-state index contributed by atoms with van der Waals surface area (Å²) in [5.41, 5.74) is 1.03. The normalized spacial score (nSPS) is 18.7. The summed E-state index contributed by atoms with van der Waals surface area (Å²) in [6, 6.07) is 6.34. The number of aliphatic hydroxyl groups is 1. The summed E-state index contributed by atoms with van der Waals surface area (Å²) in [7, 11) is 0. The molecule has 0 amide bonds. The number of nitro groups is 1. The van der Waals surface area contributed by atoms with Crippen LogP contribution in [0.1, 0.15) is 37.0 Å². The van der Waals surface area contributed by atoms with Crippen molar-refractivity contribution in [2.24, 2.45) is 0 Å². The molecule has 3 aromatic rings. The summed E-state index contributed by atoms with van der Waals surface area (Å²) < 4.78 is 6.61. The quantitative estimate of drug-likeness (QED) is 0.283. The average molecular weight is 436 g/mol. The molecule has 164 valence electrons. The zero-order valence-electron chi connectivity index (χ0n) is 17.5. The van der Waals surface area contributed by atoms with Crippen LogP contribution in [0.3, 0.4) is 0 Å². The molecule has 0 fully saturated rings. The third-order valence-corrected chi connectivity index (χ3v) is 6.17. The molecule has 32 heavy (non-hydrogen) atoms. The lowest BCUT2D eigenvalue weighted by molar-refractivity contribution is -0.384. The van der Waals surface area contributed by atoms with E-state index in [2.05, 4.69) is 5.32 Å². The molecule has 1 atom stereocenters. The van der Waals surface area contributed by atoms with Gasteiger partial charge in [-0.3, -0.25) is 14.9 Å². The molecule has 0 saturated heterocycles. The number of cyclic esters (lactones) is 1. The maximum Gasteiger partial charge on any atom is 0.343 e. The Hall–Kier alpha value is -3.79. The van der Waals surface area contributed by atoms with Crippen LogP contribution in [0, 0.1) is 10.1 Å². The summed E-state index contributed by atoms with van der Waals surface area (Å²) in [5.74, 6) is -0.775. The number of carbonyl (C=O) groups is 1. The van der Waals surface area contributed by atoms with Crippen LogP contribution in [0.4, 0.5) is 11.4 Å². The molecule has 2 N–H and O–H groups in total. The number of rotatable bonds is 4. The molecule has 4 heterocycles. The number of nitro benzene ring substituents is 1. The third kappa shape index (κ3) is 2.65. The first kappa shape index (κ1) is 20.1. The van der Waals surface area contributed by atoms with Gasteiger partial charge in [-0.25, -0.2) is 9.78 Å². The Balaban J connectivity index is 1.78. The fraction of sp³-hybridized carbons (Fsp3) is 0.318. The SMILES string of the molecule is CCNc1cc([N+](=O)[O-])cc2cc3c(nc12)-c1cc2c(c(=O)n1C3)COC(=O)[C@]2(O)CC. The fourth-order valence-corrected chi connectivity index (χ4v) is 4.51. The van der Waals surface area contributed by atoms with Gasteiger partial charge < -0.3 is 19.7 Å². The minimum Gasteiger partial charge on any atom is -0.458 e. The third-order valence-electron chi connectivity index (χ3n) is 6.17. The van der Waals surface area contributed by atoms with Gasteiger partial charge in [-0.05, 0) is 25.5 Å². The van der Waals surface area contributed by atoms with Gasteiger partial charge >= 0.3 is 5.97 Å². The van der Waals surface area contributed by atoms with Crippen molar-refractivity contribution in [1.29, 1.82) is 0 Å². The number of pyridine rings is 2. The Labute approximate surface area is 181 Å². The van der Waals surface area contributed by atoms with E-state index in [0.29, 0.717) is 34.5 Å². The van der Waals surface area contributed by atoms with E-state index in [4.69, 9.17) is 9.72 Å². The molecular formula is C22H20N4O6. The van der Waals surface area contributed by atoms with E-state index < -0.39 is 16.5 Å². The minimum absolute atomic E-state index is 0.0537. The van der Waals surface area contributed by atoms with Crippen LogP contribution >= 0.6 is 0 Å². The number of benzene rings is 1. The maximum atomic E-state index is 13.2. The van der Waals surface area contributed by atoms with Gasteiger partial charge in [0, 0.05) is 35.2 Å². The molecule has 10 heteroatoms. The second-order valence-electron chi connectivity index (χ2n) is 7.95. The van der Waals surface area contributed by atoms with Crippen molar-refractivity contribution < 1.29 is 19.6 Å². The van der Waals surface area contributed by atoms with Crippen LogP contribution in [0.25, 0.3) is 22.3 Å². The van der Waals surface area contributed by atoms with E-state index >= 15 is 0 Å². The first-order chi connectivity index (χ1) is 15.3. The van der Waals surface area contributed by atoms with Gasteiger partial charge in [0.25, 0.3) is 11.2 Å². The highest BCUT2D eigenvalue weighted by Gasteiger charge is 2.45.